The van der Waals surface area contributed by atoms with E-state index < -0.39 is 0 Å². The van der Waals surface area contributed by atoms with Gasteiger partial charge in [0.15, 0.2) is 0 Å². The summed E-state index contributed by atoms with van der Waals surface area (Å²) in [5.74, 6) is 0.140. The lowest BCUT2D eigenvalue weighted by Crippen LogP contribution is -2.44. The zero-order valence-electron chi connectivity index (χ0n) is 16.1. The Labute approximate surface area is 160 Å². The van der Waals surface area contributed by atoms with E-state index in [9.17, 15) is 4.79 Å². The predicted molar refractivity (Wildman–Crippen MR) is 107 cm³/mol. The van der Waals surface area contributed by atoms with Crippen LogP contribution in [0.3, 0.4) is 0 Å². The van der Waals surface area contributed by atoms with Crippen molar-refractivity contribution in [2.75, 3.05) is 6.54 Å². The van der Waals surface area contributed by atoms with Crippen LogP contribution in [0, 0.1) is 13.8 Å². The number of fused-ring (bicyclic) bond motifs is 1. The van der Waals surface area contributed by atoms with Gasteiger partial charge in [-0.2, -0.15) is 5.10 Å². The van der Waals surface area contributed by atoms with Gasteiger partial charge in [-0.15, -0.1) is 0 Å². The molecule has 0 bridgehead atoms. The molecule has 1 saturated heterocycles. The van der Waals surface area contributed by atoms with Gasteiger partial charge in [-0.05, 0) is 63.8 Å². The van der Waals surface area contributed by atoms with Crippen molar-refractivity contribution in [3.05, 3.63) is 59.5 Å². The lowest BCUT2D eigenvalue weighted by molar-refractivity contribution is 0.0596. The van der Waals surface area contributed by atoms with E-state index in [-0.39, 0.29) is 11.9 Å². The van der Waals surface area contributed by atoms with E-state index in [0.29, 0.717) is 0 Å². The molecule has 1 amide bonds. The molecule has 0 spiro atoms. The minimum absolute atomic E-state index is 0.140. The zero-order valence-corrected chi connectivity index (χ0v) is 16.1. The van der Waals surface area contributed by atoms with Crippen LogP contribution in [0.5, 0.6) is 0 Å². The number of amides is 1. The molecule has 0 unspecified atom stereocenters. The topological polar surface area (TPSA) is 51.0 Å². The molecule has 5 nitrogen and oxygen atoms in total. The van der Waals surface area contributed by atoms with Crippen molar-refractivity contribution in [3.63, 3.8) is 0 Å². The van der Waals surface area contributed by atoms with E-state index in [1.54, 1.807) is 6.20 Å². The summed E-state index contributed by atoms with van der Waals surface area (Å²) in [5, 5.41) is 5.26. The average Bonchev–Trinajstić information content (AvgIpc) is 3.19. The SMILES string of the molecule is Cc1ccc2nc(C)cc(C(=O)N3CCCC[C@H]3CCn3cccn3)c2c1. The molecule has 1 aromatic carbocycles. The number of piperidine rings is 1. The summed E-state index contributed by atoms with van der Waals surface area (Å²) in [7, 11) is 0. The number of nitrogens with zero attached hydrogens (tertiary/aromatic N) is 4. The number of hydrogen-bond acceptors (Lipinski definition) is 3. The van der Waals surface area contributed by atoms with Crippen molar-refractivity contribution in [2.45, 2.75) is 52.1 Å². The molecule has 27 heavy (non-hydrogen) atoms. The molecule has 1 aliphatic rings. The first-order valence-electron chi connectivity index (χ1n) is 9.78. The Kier molecular flexibility index (Phi) is 4.92. The van der Waals surface area contributed by atoms with Crippen LogP contribution in [0.2, 0.25) is 0 Å². The highest BCUT2D eigenvalue weighted by Crippen LogP contribution is 2.26. The Hall–Kier alpha value is -2.69. The molecule has 0 saturated carbocycles. The molecular weight excluding hydrogens is 336 g/mol. The van der Waals surface area contributed by atoms with Crippen LogP contribution in [0.25, 0.3) is 10.9 Å². The first-order valence-corrected chi connectivity index (χ1v) is 9.78. The Morgan fingerprint density at radius 3 is 2.93 bits per heavy atom. The quantitative estimate of drug-likeness (QED) is 0.701. The molecule has 1 atom stereocenters. The summed E-state index contributed by atoms with van der Waals surface area (Å²) in [5.41, 5.74) is 3.72. The molecule has 140 valence electrons. The van der Waals surface area contributed by atoms with Crippen LogP contribution < -0.4 is 0 Å². The van der Waals surface area contributed by atoms with Gasteiger partial charge in [0.2, 0.25) is 0 Å². The van der Waals surface area contributed by atoms with Crippen molar-refractivity contribution in [1.82, 2.24) is 19.7 Å². The number of pyridine rings is 1. The highest BCUT2D eigenvalue weighted by Gasteiger charge is 2.28. The first-order chi connectivity index (χ1) is 13.1. The third kappa shape index (κ3) is 3.72. The second-order valence-electron chi connectivity index (χ2n) is 7.54. The Balaban J connectivity index is 1.63. The van der Waals surface area contributed by atoms with Crippen LogP contribution >= 0.6 is 0 Å². The van der Waals surface area contributed by atoms with Crippen molar-refractivity contribution < 1.29 is 4.79 Å². The van der Waals surface area contributed by atoms with Gasteiger partial charge < -0.3 is 4.90 Å². The largest absolute Gasteiger partial charge is 0.336 e. The Morgan fingerprint density at radius 1 is 1.22 bits per heavy atom. The molecule has 0 radical (unpaired) electrons. The normalized spacial score (nSPS) is 17.4. The smallest absolute Gasteiger partial charge is 0.254 e. The summed E-state index contributed by atoms with van der Waals surface area (Å²) in [6.07, 6.45) is 8.05. The first kappa shape index (κ1) is 17.7. The summed E-state index contributed by atoms with van der Waals surface area (Å²) >= 11 is 0. The maximum absolute atomic E-state index is 13.5. The lowest BCUT2D eigenvalue weighted by Gasteiger charge is -2.36. The molecule has 3 aromatic rings. The summed E-state index contributed by atoms with van der Waals surface area (Å²) in [6.45, 7) is 5.69. The van der Waals surface area contributed by atoms with Crippen molar-refractivity contribution in [3.8, 4) is 0 Å². The van der Waals surface area contributed by atoms with Gasteiger partial charge in [0.1, 0.15) is 0 Å². The minimum Gasteiger partial charge on any atom is -0.336 e. The molecule has 3 heterocycles. The van der Waals surface area contributed by atoms with Crippen molar-refractivity contribution in [1.29, 1.82) is 0 Å². The minimum atomic E-state index is 0.140. The third-order valence-electron chi connectivity index (χ3n) is 5.46. The number of carbonyl (C=O) groups excluding carboxylic acids is 1. The van der Waals surface area contributed by atoms with Gasteiger partial charge in [-0.25, -0.2) is 0 Å². The number of hydrogen-bond donors (Lipinski definition) is 0. The fourth-order valence-corrected chi connectivity index (χ4v) is 4.09. The van der Waals surface area contributed by atoms with Gasteiger partial charge in [0.25, 0.3) is 5.91 Å². The van der Waals surface area contributed by atoms with E-state index in [2.05, 4.69) is 34.0 Å². The highest BCUT2D eigenvalue weighted by molar-refractivity contribution is 6.06. The van der Waals surface area contributed by atoms with Crippen LogP contribution in [0.4, 0.5) is 0 Å². The van der Waals surface area contributed by atoms with Crippen LogP contribution in [-0.4, -0.2) is 38.2 Å². The average molecular weight is 362 g/mol. The second kappa shape index (κ2) is 7.51. The molecule has 1 fully saturated rings. The predicted octanol–water partition coefficient (Wildman–Crippen LogP) is 4.13. The Bertz CT molecular complexity index is 948. The standard InChI is InChI=1S/C22H26N4O/c1-16-7-8-21-19(14-16)20(15-17(2)24-21)22(27)26-12-4-3-6-18(26)9-13-25-11-5-10-23-25/h5,7-8,10-11,14-15,18H,3-4,6,9,12-13H2,1-2H3/t18-/m0/s1. The number of aryl methyl sites for hydroxylation is 3. The maximum Gasteiger partial charge on any atom is 0.254 e. The highest BCUT2D eigenvalue weighted by atomic mass is 16.2. The van der Waals surface area contributed by atoms with Gasteiger partial charge >= 0.3 is 0 Å². The van der Waals surface area contributed by atoms with E-state index in [4.69, 9.17) is 0 Å². The molecule has 0 N–H and O–H groups in total. The number of carbonyl (C=O) groups is 1. The van der Waals surface area contributed by atoms with Crippen LogP contribution in [0.15, 0.2) is 42.7 Å². The Morgan fingerprint density at radius 2 is 2.11 bits per heavy atom. The van der Waals surface area contributed by atoms with Crippen molar-refractivity contribution >= 4 is 16.8 Å². The van der Waals surface area contributed by atoms with Crippen LogP contribution in [0.1, 0.15) is 47.3 Å². The van der Waals surface area contributed by atoms with E-state index >= 15 is 0 Å². The second-order valence-corrected chi connectivity index (χ2v) is 7.54. The molecule has 1 aliphatic heterocycles. The zero-order chi connectivity index (χ0) is 18.8. The maximum atomic E-state index is 13.5. The number of likely N-dealkylation sites (tertiary alicyclic amines) is 1. The fourth-order valence-electron chi connectivity index (χ4n) is 4.09. The summed E-state index contributed by atoms with van der Waals surface area (Å²) in [6, 6.07) is 10.3. The van der Waals surface area contributed by atoms with Crippen molar-refractivity contribution in [2.24, 2.45) is 0 Å². The van der Waals surface area contributed by atoms with E-state index in [1.165, 1.54) is 6.42 Å². The molecule has 4 rings (SSSR count). The summed E-state index contributed by atoms with van der Waals surface area (Å²) in [4.78, 5) is 20.2. The van der Waals surface area contributed by atoms with E-state index in [0.717, 1.165) is 60.1 Å². The number of benzene rings is 1. The lowest BCUT2D eigenvalue weighted by atomic mass is 9.97. The number of rotatable bonds is 4. The van der Waals surface area contributed by atoms with Gasteiger partial charge in [0.05, 0.1) is 11.1 Å². The van der Waals surface area contributed by atoms with Gasteiger partial charge in [-0.3, -0.25) is 14.5 Å². The third-order valence-corrected chi connectivity index (χ3v) is 5.46. The molecule has 2 aromatic heterocycles. The number of aromatic nitrogens is 3. The summed E-state index contributed by atoms with van der Waals surface area (Å²) < 4.78 is 1.95. The monoisotopic (exact) mass is 362 g/mol. The van der Waals surface area contributed by atoms with Gasteiger partial charge in [-0.1, -0.05) is 11.6 Å². The van der Waals surface area contributed by atoms with E-state index in [1.807, 2.05) is 36.0 Å². The molecule has 5 heteroatoms. The fraction of sp³-hybridized carbons (Fsp3) is 0.409. The van der Waals surface area contributed by atoms with Crippen LogP contribution in [-0.2, 0) is 6.54 Å². The molecule has 0 aliphatic carbocycles. The molecular formula is C22H26N4O. The van der Waals surface area contributed by atoms with Gasteiger partial charge in [0, 0.05) is 42.6 Å².